The van der Waals surface area contributed by atoms with Crippen molar-refractivity contribution in [2.45, 2.75) is 31.7 Å². The second-order valence-electron chi connectivity index (χ2n) is 7.19. The zero-order valence-electron chi connectivity index (χ0n) is 14.6. The molecule has 1 aromatic heterocycles. The fourth-order valence-electron chi connectivity index (χ4n) is 4.05. The fraction of sp³-hybridized carbons (Fsp3) is 0.444. The first-order valence-electron chi connectivity index (χ1n) is 8.97. The van der Waals surface area contributed by atoms with E-state index in [9.17, 15) is 19.2 Å². The topological polar surface area (TPSA) is 135 Å². The minimum atomic E-state index is -0.945. The van der Waals surface area contributed by atoms with Crippen LogP contribution in [0, 0.1) is 5.92 Å². The van der Waals surface area contributed by atoms with E-state index in [0.29, 0.717) is 49.8 Å². The third-order valence-electron chi connectivity index (χ3n) is 5.50. The highest BCUT2D eigenvalue weighted by molar-refractivity contribution is 5.82. The van der Waals surface area contributed by atoms with Crippen LogP contribution in [0.2, 0.25) is 0 Å². The minimum Gasteiger partial charge on any atom is -0.465 e. The third kappa shape index (κ3) is 3.20. The van der Waals surface area contributed by atoms with Crippen molar-refractivity contribution in [3.63, 3.8) is 0 Å². The monoisotopic (exact) mass is 372 g/mol. The van der Waals surface area contributed by atoms with E-state index in [1.807, 2.05) is 6.07 Å². The van der Waals surface area contributed by atoms with Gasteiger partial charge in [-0.05, 0) is 42.9 Å². The van der Waals surface area contributed by atoms with Gasteiger partial charge in [0.25, 0.3) is 0 Å². The third-order valence-corrected chi connectivity index (χ3v) is 5.50. The zero-order valence-corrected chi connectivity index (χ0v) is 14.6. The molecule has 1 aliphatic carbocycles. The Labute approximate surface area is 153 Å². The second-order valence-corrected chi connectivity index (χ2v) is 7.19. The quantitative estimate of drug-likeness (QED) is 0.558. The number of fused-ring (bicyclic) bond motifs is 3. The molecule has 0 saturated carbocycles. The first-order valence-corrected chi connectivity index (χ1v) is 8.97. The van der Waals surface area contributed by atoms with Gasteiger partial charge in [-0.25, -0.2) is 4.79 Å². The van der Waals surface area contributed by atoms with Crippen molar-refractivity contribution in [2.75, 3.05) is 13.1 Å². The molecule has 4 rings (SSSR count). The molecule has 2 aromatic rings. The van der Waals surface area contributed by atoms with Crippen molar-refractivity contribution in [3.05, 3.63) is 44.0 Å². The van der Waals surface area contributed by atoms with Crippen LogP contribution in [0.25, 0.3) is 11.0 Å². The number of carboxylic acid groups (broad SMARTS) is 1. The lowest BCUT2D eigenvalue weighted by atomic mass is 9.95. The van der Waals surface area contributed by atoms with Crippen LogP contribution >= 0.6 is 0 Å². The van der Waals surface area contributed by atoms with Crippen molar-refractivity contribution in [3.8, 4) is 0 Å². The Balaban J connectivity index is 1.46. The Morgan fingerprint density at radius 1 is 1.07 bits per heavy atom. The van der Waals surface area contributed by atoms with Gasteiger partial charge in [-0.2, -0.15) is 0 Å². The summed E-state index contributed by atoms with van der Waals surface area (Å²) in [6.07, 6.45) is 1.34. The van der Waals surface area contributed by atoms with Crippen molar-refractivity contribution >= 4 is 23.0 Å². The molecule has 27 heavy (non-hydrogen) atoms. The van der Waals surface area contributed by atoms with Gasteiger partial charge in [0.05, 0.1) is 11.0 Å². The van der Waals surface area contributed by atoms with Crippen LogP contribution in [0.1, 0.15) is 24.0 Å². The number of amides is 2. The lowest BCUT2D eigenvalue weighted by Gasteiger charge is -2.29. The standard InChI is InChI=1S/C18H20N4O5/c23-15(9-3-5-22(6-4-9)18(26)27)19-11-7-10-1-2-13-14(12(10)8-11)21-17(25)16(24)20-13/h1-2,9,11H,3-8H2,(H,19,23)(H,20,24)(H,21,25)(H,26,27). The molecule has 2 amide bonds. The predicted molar refractivity (Wildman–Crippen MR) is 96.8 cm³/mol. The smallest absolute Gasteiger partial charge is 0.407 e. The van der Waals surface area contributed by atoms with E-state index in [4.69, 9.17) is 5.11 Å². The number of piperidine rings is 1. The van der Waals surface area contributed by atoms with E-state index in [1.54, 1.807) is 6.07 Å². The van der Waals surface area contributed by atoms with Crippen molar-refractivity contribution in [1.29, 1.82) is 0 Å². The summed E-state index contributed by atoms with van der Waals surface area (Å²) in [5.74, 6) is -0.235. The minimum absolute atomic E-state index is 0.0518. The summed E-state index contributed by atoms with van der Waals surface area (Å²) >= 11 is 0. The largest absolute Gasteiger partial charge is 0.465 e. The predicted octanol–water partition coefficient (Wildman–Crippen LogP) is 0.190. The Kier molecular flexibility index (Phi) is 4.21. The van der Waals surface area contributed by atoms with Gasteiger partial charge in [0.1, 0.15) is 0 Å². The highest BCUT2D eigenvalue weighted by Crippen LogP contribution is 2.28. The van der Waals surface area contributed by atoms with Crippen LogP contribution in [-0.2, 0) is 17.6 Å². The number of H-pyrrole nitrogens is 2. The summed E-state index contributed by atoms with van der Waals surface area (Å²) in [7, 11) is 0. The van der Waals surface area contributed by atoms with Crippen molar-refractivity contribution in [1.82, 2.24) is 20.2 Å². The number of benzene rings is 1. The molecule has 1 atom stereocenters. The highest BCUT2D eigenvalue weighted by Gasteiger charge is 2.30. The van der Waals surface area contributed by atoms with Crippen LogP contribution < -0.4 is 16.4 Å². The zero-order chi connectivity index (χ0) is 19.1. The summed E-state index contributed by atoms with van der Waals surface area (Å²) < 4.78 is 0. The molecule has 1 fully saturated rings. The molecule has 0 bridgehead atoms. The van der Waals surface area contributed by atoms with E-state index in [-0.39, 0.29) is 17.9 Å². The van der Waals surface area contributed by atoms with E-state index in [0.717, 1.165) is 11.1 Å². The van der Waals surface area contributed by atoms with Gasteiger partial charge in [-0.1, -0.05) is 6.07 Å². The number of nitrogens with one attached hydrogen (secondary N) is 3. The van der Waals surface area contributed by atoms with E-state index >= 15 is 0 Å². The SMILES string of the molecule is O=C(NC1Cc2ccc3[nH]c(=O)c(=O)[nH]c3c2C1)C1CCN(C(=O)O)CC1. The van der Waals surface area contributed by atoms with E-state index < -0.39 is 17.2 Å². The Morgan fingerprint density at radius 3 is 2.48 bits per heavy atom. The van der Waals surface area contributed by atoms with Gasteiger partial charge in [-0.15, -0.1) is 0 Å². The van der Waals surface area contributed by atoms with Crippen LogP contribution in [0.15, 0.2) is 21.7 Å². The van der Waals surface area contributed by atoms with Gasteiger partial charge in [0.15, 0.2) is 0 Å². The number of nitrogens with zero attached hydrogens (tertiary/aromatic N) is 1. The Morgan fingerprint density at radius 2 is 1.78 bits per heavy atom. The number of rotatable bonds is 2. The lowest BCUT2D eigenvalue weighted by molar-refractivity contribution is -0.127. The number of hydrogen-bond donors (Lipinski definition) is 4. The molecular formula is C18H20N4O5. The fourth-order valence-corrected chi connectivity index (χ4v) is 4.05. The van der Waals surface area contributed by atoms with Gasteiger partial charge >= 0.3 is 17.2 Å². The average molecular weight is 372 g/mol. The normalized spacial score (nSPS) is 19.9. The highest BCUT2D eigenvalue weighted by atomic mass is 16.4. The number of carbonyl (C=O) groups excluding carboxylic acids is 1. The first-order chi connectivity index (χ1) is 12.9. The summed E-state index contributed by atoms with van der Waals surface area (Å²) in [6.45, 7) is 0.745. The van der Waals surface area contributed by atoms with Gasteiger partial charge in [0.2, 0.25) is 5.91 Å². The number of carbonyl (C=O) groups is 2. The number of hydrogen-bond acceptors (Lipinski definition) is 4. The molecule has 0 spiro atoms. The summed E-state index contributed by atoms with van der Waals surface area (Å²) in [5.41, 5.74) is 1.80. The molecule has 0 radical (unpaired) electrons. The number of aromatic amines is 2. The van der Waals surface area contributed by atoms with Crippen molar-refractivity contribution in [2.24, 2.45) is 5.92 Å². The summed E-state index contributed by atoms with van der Waals surface area (Å²) in [4.78, 5) is 53.2. The molecule has 1 aromatic carbocycles. The van der Waals surface area contributed by atoms with Crippen LogP contribution in [0.4, 0.5) is 4.79 Å². The maximum absolute atomic E-state index is 12.6. The van der Waals surface area contributed by atoms with Gasteiger partial charge in [-0.3, -0.25) is 14.4 Å². The van der Waals surface area contributed by atoms with E-state index in [1.165, 1.54) is 4.90 Å². The summed E-state index contributed by atoms with van der Waals surface area (Å²) in [5, 5.41) is 12.1. The molecule has 1 aliphatic heterocycles. The maximum atomic E-state index is 12.6. The molecule has 2 aliphatic rings. The first kappa shape index (κ1) is 17.3. The molecule has 4 N–H and O–H groups in total. The van der Waals surface area contributed by atoms with E-state index in [2.05, 4.69) is 15.3 Å². The molecule has 142 valence electrons. The summed E-state index contributed by atoms with van der Waals surface area (Å²) in [6, 6.07) is 3.59. The van der Waals surface area contributed by atoms with Crippen LogP contribution in [0.5, 0.6) is 0 Å². The number of likely N-dealkylation sites (tertiary alicyclic amines) is 1. The second kappa shape index (κ2) is 6.57. The molecular weight excluding hydrogens is 352 g/mol. The van der Waals surface area contributed by atoms with Crippen LogP contribution in [0.3, 0.4) is 0 Å². The number of aromatic nitrogens is 2. The van der Waals surface area contributed by atoms with Gasteiger partial charge < -0.3 is 25.3 Å². The molecule has 9 nitrogen and oxygen atoms in total. The Bertz CT molecular complexity index is 1030. The molecule has 1 saturated heterocycles. The van der Waals surface area contributed by atoms with Gasteiger partial charge in [0, 0.05) is 25.0 Å². The lowest BCUT2D eigenvalue weighted by Crippen LogP contribution is -2.45. The van der Waals surface area contributed by atoms with Crippen molar-refractivity contribution < 1.29 is 14.7 Å². The van der Waals surface area contributed by atoms with Crippen LogP contribution in [-0.4, -0.2) is 51.1 Å². The maximum Gasteiger partial charge on any atom is 0.407 e. The average Bonchev–Trinajstić information content (AvgIpc) is 3.06. The molecule has 1 unspecified atom stereocenters. The molecule has 9 heteroatoms. The molecule has 2 heterocycles. The Hall–Kier alpha value is -3.10.